The predicted molar refractivity (Wildman–Crippen MR) is 89.9 cm³/mol. The van der Waals surface area contributed by atoms with Crippen LogP contribution in [0, 0.1) is 0 Å². The molecule has 120 valence electrons. The summed E-state index contributed by atoms with van der Waals surface area (Å²) in [6.07, 6.45) is 0.786. The average molecular weight is 333 g/mol. The number of hydrogen-bond donors (Lipinski definition) is 2. The van der Waals surface area contributed by atoms with Crippen molar-refractivity contribution >= 4 is 29.1 Å². The van der Waals surface area contributed by atoms with Crippen molar-refractivity contribution in [3.8, 4) is 5.75 Å². The molecule has 0 aliphatic rings. The molecule has 5 nitrogen and oxygen atoms in total. The molecule has 0 heterocycles. The molecule has 0 bridgehead atoms. The summed E-state index contributed by atoms with van der Waals surface area (Å²) in [4.78, 5) is 22.8. The van der Waals surface area contributed by atoms with Crippen LogP contribution in [-0.2, 0) is 11.2 Å². The Balaban J connectivity index is 1.91. The van der Waals surface area contributed by atoms with Gasteiger partial charge < -0.3 is 15.8 Å². The van der Waals surface area contributed by atoms with Gasteiger partial charge in [0.2, 0.25) is 5.91 Å². The standard InChI is InChI=1S/C17H17ClN2O3/c1-2-11-9-14(7-8-15(11)18)23-10-16(21)20-13-5-3-12(4-6-13)17(19)22/h3-9H,2,10H2,1H3,(H2,19,22)(H,20,21). The zero-order valence-corrected chi connectivity index (χ0v) is 13.4. The fraction of sp³-hybridized carbons (Fsp3) is 0.176. The number of carbonyl (C=O) groups is 2. The van der Waals surface area contributed by atoms with Crippen molar-refractivity contribution in [3.05, 3.63) is 58.6 Å². The summed E-state index contributed by atoms with van der Waals surface area (Å²) >= 11 is 6.03. The highest BCUT2D eigenvalue weighted by atomic mass is 35.5. The molecule has 0 aliphatic heterocycles. The molecular weight excluding hydrogens is 316 g/mol. The average Bonchev–Trinajstić information content (AvgIpc) is 2.54. The van der Waals surface area contributed by atoms with Gasteiger partial charge in [-0.25, -0.2) is 0 Å². The first-order chi connectivity index (χ1) is 11.0. The second kappa shape index (κ2) is 7.65. The Kier molecular flexibility index (Phi) is 5.60. The molecule has 0 saturated heterocycles. The lowest BCUT2D eigenvalue weighted by molar-refractivity contribution is -0.118. The Bertz CT molecular complexity index is 714. The zero-order valence-electron chi connectivity index (χ0n) is 12.6. The smallest absolute Gasteiger partial charge is 0.262 e. The van der Waals surface area contributed by atoms with Gasteiger partial charge in [-0.05, 0) is 54.4 Å². The minimum Gasteiger partial charge on any atom is -0.484 e. The molecule has 0 fully saturated rings. The molecule has 2 rings (SSSR count). The third kappa shape index (κ3) is 4.72. The second-order valence-corrected chi connectivity index (χ2v) is 5.29. The van der Waals surface area contributed by atoms with Gasteiger partial charge in [-0.3, -0.25) is 9.59 Å². The van der Waals surface area contributed by atoms with Crippen molar-refractivity contribution in [2.45, 2.75) is 13.3 Å². The number of nitrogens with one attached hydrogen (secondary N) is 1. The van der Waals surface area contributed by atoms with E-state index in [2.05, 4.69) is 5.32 Å². The molecule has 0 atom stereocenters. The Labute approximate surface area is 139 Å². The zero-order chi connectivity index (χ0) is 16.8. The Hall–Kier alpha value is -2.53. The van der Waals surface area contributed by atoms with E-state index in [-0.39, 0.29) is 12.5 Å². The van der Waals surface area contributed by atoms with Crippen LogP contribution in [0.2, 0.25) is 5.02 Å². The van der Waals surface area contributed by atoms with Crippen molar-refractivity contribution in [2.75, 3.05) is 11.9 Å². The number of ether oxygens (including phenoxy) is 1. The lowest BCUT2D eigenvalue weighted by Gasteiger charge is -2.09. The fourth-order valence-electron chi connectivity index (χ4n) is 1.98. The van der Waals surface area contributed by atoms with Gasteiger partial charge in [0.05, 0.1) is 0 Å². The first-order valence-corrected chi connectivity index (χ1v) is 7.48. The summed E-state index contributed by atoms with van der Waals surface area (Å²) < 4.78 is 5.45. The highest BCUT2D eigenvalue weighted by Crippen LogP contribution is 2.22. The fourth-order valence-corrected chi connectivity index (χ4v) is 2.23. The van der Waals surface area contributed by atoms with Gasteiger partial charge in [0.1, 0.15) is 5.75 Å². The molecular formula is C17H17ClN2O3. The number of hydrogen-bond acceptors (Lipinski definition) is 3. The maximum absolute atomic E-state index is 11.9. The van der Waals surface area contributed by atoms with Crippen LogP contribution in [0.4, 0.5) is 5.69 Å². The largest absolute Gasteiger partial charge is 0.484 e. The van der Waals surface area contributed by atoms with E-state index in [1.807, 2.05) is 13.0 Å². The SMILES string of the molecule is CCc1cc(OCC(=O)Nc2ccc(C(N)=O)cc2)ccc1Cl. The van der Waals surface area contributed by atoms with Crippen molar-refractivity contribution in [1.29, 1.82) is 0 Å². The van der Waals surface area contributed by atoms with Gasteiger partial charge in [-0.15, -0.1) is 0 Å². The number of anilines is 1. The molecule has 2 amide bonds. The van der Waals surface area contributed by atoms with E-state index in [0.29, 0.717) is 22.0 Å². The third-order valence-corrected chi connectivity index (χ3v) is 3.59. The Morgan fingerprint density at radius 2 is 1.87 bits per heavy atom. The van der Waals surface area contributed by atoms with E-state index in [0.717, 1.165) is 12.0 Å². The summed E-state index contributed by atoms with van der Waals surface area (Å²) in [6.45, 7) is 1.87. The Morgan fingerprint density at radius 3 is 2.48 bits per heavy atom. The maximum atomic E-state index is 11.9. The normalized spacial score (nSPS) is 10.2. The molecule has 0 aliphatic carbocycles. The van der Waals surface area contributed by atoms with Crippen molar-refractivity contribution in [2.24, 2.45) is 5.73 Å². The van der Waals surface area contributed by atoms with Crippen LogP contribution in [-0.4, -0.2) is 18.4 Å². The van der Waals surface area contributed by atoms with Crippen LogP contribution in [0.5, 0.6) is 5.75 Å². The van der Waals surface area contributed by atoms with E-state index >= 15 is 0 Å². The van der Waals surface area contributed by atoms with Gasteiger partial charge in [-0.1, -0.05) is 18.5 Å². The van der Waals surface area contributed by atoms with Crippen molar-refractivity contribution < 1.29 is 14.3 Å². The number of rotatable bonds is 6. The van der Waals surface area contributed by atoms with E-state index in [4.69, 9.17) is 22.1 Å². The lowest BCUT2D eigenvalue weighted by atomic mass is 10.1. The number of primary amides is 1. The highest BCUT2D eigenvalue weighted by molar-refractivity contribution is 6.31. The number of nitrogens with two attached hydrogens (primary N) is 1. The number of amides is 2. The molecule has 0 unspecified atom stereocenters. The molecule has 6 heteroatoms. The topological polar surface area (TPSA) is 81.4 Å². The molecule has 0 radical (unpaired) electrons. The minimum absolute atomic E-state index is 0.123. The first-order valence-electron chi connectivity index (χ1n) is 7.10. The quantitative estimate of drug-likeness (QED) is 0.853. The van der Waals surface area contributed by atoms with Crippen LogP contribution >= 0.6 is 11.6 Å². The van der Waals surface area contributed by atoms with Crippen LogP contribution < -0.4 is 15.8 Å². The molecule has 0 saturated carbocycles. The first kappa shape index (κ1) is 16.8. The predicted octanol–water partition coefficient (Wildman–Crippen LogP) is 3.02. The Morgan fingerprint density at radius 1 is 1.17 bits per heavy atom. The van der Waals surface area contributed by atoms with E-state index < -0.39 is 5.91 Å². The molecule has 0 aromatic heterocycles. The van der Waals surface area contributed by atoms with E-state index in [1.54, 1.807) is 36.4 Å². The summed E-state index contributed by atoms with van der Waals surface area (Å²) in [5, 5.41) is 3.36. The molecule has 2 aromatic carbocycles. The van der Waals surface area contributed by atoms with Gasteiger partial charge in [0, 0.05) is 16.3 Å². The van der Waals surface area contributed by atoms with Crippen molar-refractivity contribution in [3.63, 3.8) is 0 Å². The second-order valence-electron chi connectivity index (χ2n) is 4.89. The number of carbonyl (C=O) groups excluding carboxylic acids is 2. The molecule has 0 spiro atoms. The van der Waals surface area contributed by atoms with Gasteiger partial charge >= 0.3 is 0 Å². The van der Waals surface area contributed by atoms with Crippen LogP contribution in [0.1, 0.15) is 22.8 Å². The molecule has 3 N–H and O–H groups in total. The monoisotopic (exact) mass is 332 g/mol. The number of halogens is 1. The summed E-state index contributed by atoms with van der Waals surface area (Å²) in [6, 6.07) is 11.6. The summed E-state index contributed by atoms with van der Waals surface area (Å²) in [5.41, 5.74) is 7.07. The van der Waals surface area contributed by atoms with Crippen LogP contribution in [0.15, 0.2) is 42.5 Å². The van der Waals surface area contributed by atoms with Crippen LogP contribution in [0.25, 0.3) is 0 Å². The van der Waals surface area contributed by atoms with Crippen molar-refractivity contribution in [1.82, 2.24) is 0 Å². The number of benzene rings is 2. The third-order valence-electron chi connectivity index (χ3n) is 3.22. The minimum atomic E-state index is -0.513. The van der Waals surface area contributed by atoms with E-state index in [1.165, 1.54) is 0 Å². The van der Waals surface area contributed by atoms with Crippen LogP contribution in [0.3, 0.4) is 0 Å². The number of aryl methyl sites for hydroxylation is 1. The van der Waals surface area contributed by atoms with E-state index in [9.17, 15) is 9.59 Å². The molecule has 23 heavy (non-hydrogen) atoms. The van der Waals surface area contributed by atoms with Gasteiger partial charge in [0.15, 0.2) is 6.61 Å². The highest BCUT2D eigenvalue weighted by Gasteiger charge is 2.06. The molecule has 2 aromatic rings. The van der Waals surface area contributed by atoms with Gasteiger partial charge in [0.25, 0.3) is 5.91 Å². The lowest BCUT2D eigenvalue weighted by Crippen LogP contribution is -2.20. The summed E-state index contributed by atoms with van der Waals surface area (Å²) in [5.74, 6) is -0.226. The van der Waals surface area contributed by atoms with Gasteiger partial charge in [-0.2, -0.15) is 0 Å². The maximum Gasteiger partial charge on any atom is 0.262 e. The summed E-state index contributed by atoms with van der Waals surface area (Å²) in [7, 11) is 0.